The van der Waals surface area contributed by atoms with Crippen molar-refractivity contribution in [1.82, 2.24) is 4.57 Å². The molecule has 0 spiro atoms. The molecule has 0 fully saturated rings. The van der Waals surface area contributed by atoms with Crippen LogP contribution >= 0.6 is 0 Å². The van der Waals surface area contributed by atoms with E-state index in [2.05, 4.69) is 0 Å². The van der Waals surface area contributed by atoms with Crippen LogP contribution in [0, 0.1) is 0 Å². The minimum absolute atomic E-state index is 0.0234. The van der Waals surface area contributed by atoms with E-state index in [4.69, 9.17) is 15.2 Å². The molecule has 0 radical (unpaired) electrons. The first-order chi connectivity index (χ1) is 13.8. The maximum absolute atomic E-state index is 12.4. The summed E-state index contributed by atoms with van der Waals surface area (Å²) in [5.41, 5.74) is 7.27. The average molecular weight is 395 g/mol. The highest BCUT2D eigenvalue weighted by Gasteiger charge is 2.17. The quantitative estimate of drug-likeness (QED) is 0.640. The molecule has 0 unspecified atom stereocenters. The van der Waals surface area contributed by atoms with E-state index in [1.807, 2.05) is 0 Å². The number of benzene rings is 2. The molecule has 0 aliphatic heterocycles. The molecule has 1 heterocycles. The van der Waals surface area contributed by atoms with Gasteiger partial charge in [-0.05, 0) is 48.5 Å². The Morgan fingerprint density at radius 1 is 1.10 bits per heavy atom. The molecule has 0 aliphatic carbocycles. The van der Waals surface area contributed by atoms with E-state index >= 15 is 0 Å². The summed E-state index contributed by atoms with van der Waals surface area (Å²) in [6, 6.07) is 13.7. The molecule has 0 saturated heterocycles. The summed E-state index contributed by atoms with van der Waals surface area (Å²) in [6.07, 6.45) is 0.374. The monoisotopic (exact) mass is 395 g/mol. The van der Waals surface area contributed by atoms with Gasteiger partial charge < -0.3 is 24.9 Å². The van der Waals surface area contributed by atoms with Crippen molar-refractivity contribution in [2.24, 2.45) is 7.05 Å². The second-order valence-electron chi connectivity index (χ2n) is 6.40. The number of nitrogen functional groups attached to an aromatic ring is 1. The van der Waals surface area contributed by atoms with Crippen LogP contribution in [0.15, 0.2) is 59.5 Å². The van der Waals surface area contributed by atoms with Crippen LogP contribution in [-0.4, -0.2) is 29.9 Å². The fraction of sp³-hybridized carbons (Fsp3) is 0.143. The summed E-state index contributed by atoms with van der Waals surface area (Å²) in [5.74, 6) is 1.80. The Bertz CT molecular complexity index is 1110. The van der Waals surface area contributed by atoms with Crippen LogP contribution < -0.4 is 25.7 Å². The molecular weight excluding hydrogens is 374 g/mol. The van der Waals surface area contributed by atoms with Crippen molar-refractivity contribution in [2.45, 2.75) is 0 Å². The normalized spacial score (nSPS) is 10.4. The van der Waals surface area contributed by atoms with Gasteiger partial charge in [0.05, 0.1) is 7.11 Å². The van der Waals surface area contributed by atoms with Gasteiger partial charge in [-0.15, -0.1) is 0 Å². The van der Waals surface area contributed by atoms with E-state index in [9.17, 15) is 14.7 Å². The van der Waals surface area contributed by atoms with Crippen LogP contribution in [0.4, 0.5) is 16.2 Å². The number of hydrogen-bond donors (Lipinski definition) is 2. The predicted octanol–water partition coefficient (Wildman–Crippen LogP) is 3.55. The first-order valence-electron chi connectivity index (χ1n) is 8.69. The maximum Gasteiger partial charge on any atom is 0.411 e. The second kappa shape index (κ2) is 7.97. The number of methoxy groups -OCH3 is 1. The van der Waals surface area contributed by atoms with Gasteiger partial charge in [-0.25, -0.2) is 4.79 Å². The number of pyridine rings is 1. The molecule has 3 aromatic rings. The largest absolute Gasteiger partial charge is 0.497 e. The molecule has 0 aliphatic rings. The zero-order valence-corrected chi connectivity index (χ0v) is 16.2. The van der Waals surface area contributed by atoms with Gasteiger partial charge in [-0.3, -0.25) is 9.69 Å². The fourth-order valence-corrected chi connectivity index (χ4v) is 2.82. The van der Waals surface area contributed by atoms with Crippen molar-refractivity contribution in [3.63, 3.8) is 0 Å². The zero-order valence-electron chi connectivity index (χ0n) is 16.2. The van der Waals surface area contributed by atoms with Crippen molar-refractivity contribution in [3.8, 4) is 28.4 Å². The molecule has 2 aromatic carbocycles. The fourth-order valence-electron chi connectivity index (χ4n) is 2.82. The summed E-state index contributed by atoms with van der Waals surface area (Å²) in [4.78, 5) is 24.6. The van der Waals surface area contributed by atoms with Crippen LogP contribution in [-0.2, 0) is 7.05 Å². The highest BCUT2D eigenvalue weighted by Crippen LogP contribution is 2.36. The molecule has 0 bridgehead atoms. The minimum Gasteiger partial charge on any atom is -0.497 e. The van der Waals surface area contributed by atoms with Crippen molar-refractivity contribution in [3.05, 3.63) is 65.1 Å². The Labute approximate surface area is 167 Å². The van der Waals surface area contributed by atoms with E-state index in [1.165, 1.54) is 17.7 Å². The summed E-state index contributed by atoms with van der Waals surface area (Å²) >= 11 is 0. The number of aromatic nitrogens is 1. The standard InChI is InChI=1S/C21H21N3O5/c1-23-12-13(10-18(20(23)25)24(2)21(26)27)17-11-14(22)4-9-19(17)29-16-7-5-15(28-3)6-8-16/h4-12H,22H2,1-3H3,(H,26,27). The number of aryl methyl sites for hydroxylation is 1. The van der Waals surface area contributed by atoms with Gasteiger partial charge in [-0.1, -0.05) is 0 Å². The molecule has 1 amide bonds. The van der Waals surface area contributed by atoms with Crippen LogP contribution in [0.3, 0.4) is 0 Å². The Hall–Kier alpha value is -3.94. The molecule has 0 saturated carbocycles. The summed E-state index contributed by atoms with van der Waals surface area (Å²) in [5, 5.41) is 9.27. The van der Waals surface area contributed by atoms with Crippen molar-refractivity contribution in [2.75, 3.05) is 24.8 Å². The lowest BCUT2D eigenvalue weighted by Gasteiger charge is -2.17. The van der Waals surface area contributed by atoms with Gasteiger partial charge in [0, 0.05) is 37.1 Å². The number of carboxylic acid groups (broad SMARTS) is 1. The summed E-state index contributed by atoms with van der Waals surface area (Å²) < 4.78 is 12.5. The molecule has 8 heteroatoms. The number of carbonyl (C=O) groups is 1. The number of ether oxygens (including phenoxy) is 2. The smallest absolute Gasteiger partial charge is 0.411 e. The van der Waals surface area contributed by atoms with E-state index in [0.717, 1.165) is 4.90 Å². The Balaban J connectivity index is 2.09. The SMILES string of the molecule is COc1ccc(Oc2ccc(N)cc2-c2cc(N(C)C(=O)O)c(=O)n(C)c2)cc1. The van der Waals surface area contributed by atoms with Gasteiger partial charge in [0.25, 0.3) is 5.56 Å². The Morgan fingerprint density at radius 3 is 2.38 bits per heavy atom. The average Bonchev–Trinajstić information content (AvgIpc) is 2.71. The number of rotatable bonds is 5. The van der Waals surface area contributed by atoms with Gasteiger partial charge >= 0.3 is 6.09 Å². The van der Waals surface area contributed by atoms with Crippen LogP contribution in [0.1, 0.15) is 0 Å². The van der Waals surface area contributed by atoms with Crippen LogP contribution in [0.5, 0.6) is 17.2 Å². The van der Waals surface area contributed by atoms with E-state index in [1.54, 1.807) is 62.8 Å². The summed E-state index contributed by atoms with van der Waals surface area (Å²) in [7, 11) is 4.46. The summed E-state index contributed by atoms with van der Waals surface area (Å²) in [6.45, 7) is 0. The molecule has 1 aromatic heterocycles. The number of amides is 1. The van der Waals surface area contributed by atoms with Crippen LogP contribution in [0.2, 0.25) is 0 Å². The molecule has 3 N–H and O–H groups in total. The second-order valence-corrected chi connectivity index (χ2v) is 6.40. The molecule has 29 heavy (non-hydrogen) atoms. The lowest BCUT2D eigenvalue weighted by Crippen LogP contribution is -2.32. The third-order valence-electron chi connectivity index (χ3n) is 4.41. The topological polar surface area (TPSA) is 107 Å². The van der Waals surface area contributed by atoms with E-state index in [-0.39, 0.29) is 5.69 Å². The van der Waals surface area contributed by atoms with Crippen molar-refractivity contribution >= 4 is 17.5 Å². The van der Waals surface area contributed by atoms with Crippen molar-refractivity contribution in [1.29, 1.82) is 0 Å². The Morgan fingerprint density at radius 2 is 1.76 bits per heavy atom. The van der Waals surface area contributed by atoms with E-state index in [0.29, 0.717) is 34.1 Å². The molecule has 3 rings (SSSR count). The van der Waals surface area contributed by atoms with Crippen LogP contribution in [0.25, 0.3) is 11.1 Å². The molecular formula is C21H21N3O5. The van der Waals surface area contributed by atoms with Gasteiger partial charge in [-0.2, -0.15) is 0 Å². The first kappa shape index (κ1) is 19.8. The molecule has 150 valence electrons. The van der Waals surface area contributed by atoms with Gasteiger partial charge in [0.1, 0.15) is 22.9 Å². The minimum atomic E-state index is -1.23. The van der Waals surface area contributed by atoms with E-state index < -0.39 is 11.7 Å². The third kappa shape index (κ3) is 4.16. The molecule has 8 nitrogen and oxygen atoms in total. The maximum atomic E-state index is 12.4. The lowest BCUT2D eigenvalue weighted by molar-refractivity contribution is 0.203. The number of nitrogens with zero attached hydrogens (tertiary/aromatic N) is 2. The first-order valence-corrected chi connectivity index (χ1v) is 8.69. The third-order valence-corrected chi connectivity index (χ3v) is 4.41. The number of hydrogen-bond acceptors (Lipinski definition) is 5. The highest BCUT2D eigenvalue weighted by atomic mass is 16.5. The highest BCUT2D eigenvalue weighted by molar-refractivity contribution is 5.87. The van der Waals surface area contributed by atoms with Crippen molar-refractivity contribution < 1.29 is 19.4 Å². The number of anilines is 2. The van der Waals surface area contributed by atoms with Gasteiger partial charge in [0.2, 0.25) is 0 Å². The van der Waals surface area contributed by atoms with Gasteiger partial charge in [0.15, 0.2) is 0 Å². The molecule has 0 atom stereocenters. The predicted molar refractivity (Wildman–Crippen MR) is 111 cm³/mol. The lowest BCUT2D eigenvalue weighted by atomic mass is 10.0. The number of nitrogens with two attached hydrogens (primary N) is 1. The zero-order chi connectivity index (χ0) is 21.1. The Kier molecular flexibility index (Phi) is 5.45.